The monoisotopic (exact) mass is 293 g/mol. The highest BCUT2D eigenvalue weighted by Crippen LogP contribution is 2.42. The average molecular weight is 294 g/mol. The lowest BCUT2D eigenvalue weighted by Crippen LogP contribution is -2.46. The van der Waals surface area contributed by atoms with Crippen molar-refractivity contribution in [2.45, 2.75) is 59.7 Å². The molecule has 19 heavy (non-hydrogen) atoms. The van der Waals surface area contributed by atoms with Crippen LogP contribution in [0.25, 0.3) is 0 Å². The van der Waals surface area contributed by atoms with Crippen LogP contribution in [0.1, 0.15) is 31.2 Å². The molecule has 3 aliphatic heterocycles. The smallest absolute Gasteiger partial charge is 0.0365 e. The van der Waals surface area contributed by atoms with Gasteiger partial charge in [0.1, 0.15) is 0 Å². The Bertz CT molecular complexity index is 439. The maximum absolute atomic E-state index is 6.37. The van der Waals surface area contributed by atoms with E-state index in [2.05, 4.69) is 40.9 Å². The molecule has 1 aromatic rings. The van der Waals surface area contributed by atoms with Gasteiger partial charge in [0.2, 0.25) is 0 Å². The fraction of sp³-hybridized carbons (Fsp3) is 0.625. The SMILES string of the molecule is ClC1CC2CCC(C1)N2CC1Cc2ccccc2S1. The normalized spacial score (nSPS) is 37.5. The molecular formula is C16H20ClNS. The summed E-state index contributed by atoms with van der Waals surface area (Å²) in [5.41, 5.74) is 1.55. The number of fused-ring (bicyclic) bond motifs is 3. The van der Waals surface area contributed by atoms with Gasteiger partial charge < -0.3 is 0 Å². The van der Waals surface area contributed by atoms with Gasteiger partial charge >= 0.3 is 0 Å². The summed E-state index contributed by atoms with van der Waals surface area (Å²) in [5.74, 6) is 0. The third kappa shape index (κ3) is 2.32. The van der Waals surface area contributed by atoms with E-state index in [9.17, 15) is 0 Å². The number of rotatable bonds is 2. The number of nitrogens with zero attached hydrogens (tertiary/aromatic N) is 1. The van der Waals surface area contributed by atoms with Crippen LogP contribution in [0.3, 0.4) is 0 Å². The fourth-order valence-electron chi connectivity index (χ4n) is 4.10. The fourth-order valence-corrected chi connectivity index (χ4v) is 5.84. The quantitative estimate of drug-likeness (QED) is 0.760. The van der Waals surface area contributed by atoms with Gasteiger partial charge in [0, 0.05) is 34.2 Å². The first kappa shape index (κ1) is 12.6. The molecule has 0 N–H and O–H groups in total. The van der Waals surface area contributed by atoms with E-state index < -0.39 is 0 Å². The Morgan fingerprint density at radius 1 is 1.16 bits per heavy atom. The van der Waals surface area contributed by atoms with Crippen LogP contribution in [0.5, 0.6) is 0 Å². The number of alkyl halides is 1. The second-order valence-corrected chi connectivity index (χ2v) is 8.16. The molecule has 0 radical (unpaired) electrons. The molecule has 2 saturated heterocycles. The molecule has 0 aliphatic carbocycles. The van der Waals surface area contributed by atoms with E-state index in [1.54, 1.807) is 5.56 Å². The predicted molar refractivity (Wildman–Crippen MR) is 82.2 cm³/mol. The van der Waals surface area contributed by atoms with Crippen molar-refractivity contribution in [3.05, 3.63) is 29.8 Å². The van der Waals surface area contributed by atoms with Crippen molar-refractivity contribution in [3.8, 4) is 0 Å². The zero-order valence-corrected chi connectivity index (χ0v) is 12.7. The van der Waals surface area contributed by atoms with Crippen LogP contribution < -0.4 is 0 Å². The van der Waals surface area contributed by atoms with Crippen molar-refractivity contribution in [3.63, 3.8) is 0 Å². The highest BCUT2D eigenvalue weighted by Gasteiger charge is 2.41. The average Bonchev–Trinajstić information content (AvgIpc) is 2.90. The lowest BCUT2D eigenvalue weighted by Gasteiger charge is -2.38. The van der Waals surface area contributed by atoms with Crippen LogP contribution in [-0.2, 0) is 6.42 Å². The first-order valence-corrected chi connectivity index (χ1v) is 8.75. The maximum Gasteiger partial charge on any atom is 0.0365 e. The van der Waals surface area contributed by atoms with Crippen LogP contribution in [0, 0.1) is 0 Å². The Labute approximate surface area is 124 Å². The number of thioether (sulfide) groups is 1. The molecular weight excluding hydrogens is 274 g/mol. The van der Waals surface area contributed by atoms with Crippen LogP contribution >= 0.6 is 23.4 Å². The van der Waals surface area contributed by atoms with Gasteiger partial charge in [-0.2, -0.15) is 0 Å². The van der Waals surface area contributed by atoms with Gasteiger partial charge in [-0.15, -0.1) is 23.4 Å². The zero-order valence-electron chi connectivity index (χ0n) is 11.1. The van der Waals surface area contributed by atoms with Crippen molar-refractivity contribution in [1.82, 2.24) is 4.90 Å². The summed E-state index contributed by atoms with van der Waals surface area (Å²) < 4.78 is 0. The minimum atomic E-state index is 0.433. The Kier molecular flexibility index (Phi) is 3.29. The first-order valence-electron chi connectivity index (χ1n) is 7.44. The Hall–Kier alpha value is -0.180. The molecule has 3 aliphatic rings. The lowest BCUT2D eigenvalue weighted by molar-refractivity contribution is 0.144. The number of benzene rings is 1. The third-order valence-corrected chi connectivity index (χ3v) is 6.61. The predicted octanol–water partition coefficient (Wildman–Crippen LogP) is 3.94. The van der Waals surface area contributed by atoms with Crippen molar-refractivity contribution >= 4 is 23.4 Å². The Morgan fingerprint density at radius 3 is 2.63 bits per heavy atom. The van der Waals surface area contributed by atoms with Crippen molar-refractivity contribution in [2.75, 3.05) is 6.54 Å². The number of halogens is 1. The summed E-state index contributed by atoms with van der Waals surface area (Å²) in [6, 6.07) is 10.4. The van der Waals surface area contributed by atoms with Gasteiger partial charge in [-0.25, -0.2) is 0 Å². The molecule has 2 bridgehead atoms. The molecule has 0 spiro atoms. The van der Waals surface area contributed by atoms with Gasteiger partial charge in [0.05, 0.1) is 0 Å². The highest BCUT2D eigenvalue weighted by atomic mass is 35.5. The highest BCUT2D eigenvalue weighted by molar-refractivity contribution is 8.00. The molecule has 0 saturated carbocycles. The van der Waals surface area contributed by atoms with Crippen LogP contribution in [-0.4, -0.2) is 34.2 Å². The number of piperidine rings is 1. The van der Waals surface area contributed by atoms with E-state index in [4.69, 9.17) is 11.6 Å². The number of hydrogen-bond acceptors (Lipinski definition) is 2. The second kappa shape index (κ2) is 4.98. The van der Waals surface area contributed by atoms with Gasteiger partial charge in [-0.05, 0) is 43.7 Å². The van der Waals surface area contributed by atoms with Crippen LogP contribution in [0.15, 0.2) is 29.2 Å². The van der Waals surface area contributed by atoms with Gasteiger partial charge in [0.25, 0.3) is 0 Å². The molecule has 4 rings (SSSR count). The van der Waals surface area contributed by atoms with Crippen molar-refractivity contribution in [2.24, 2.45) is 0 Å². The molecule has 1 nitrogen and oxygen atoms in total. The third-order valence-electron chi connectivity index (χ3n) is 4.96. The van der Waals surface area contributed by atoms with E-state index in [0.717, 1.165) is 17.3 Å². The van der Waals surface area contributed by atoms with E-state index in [0.29, 0.717) is 5.38 Å². The lowest BCUT2D eigenvalue weighted by atomic mass is 10.0. The molecule has 0 amide bonds. The topological polar surface area (TPSA) is 3.24 Å². The van der Waals surface area contributed by atoms with Crippen LogP contribution in [0.4, 0.5) is 0 Å². The minimum absolute atomic E-state index is 0.433. The molecule has 3 unspecified atom stereocenters. The molecule has 102 valence electrons. The molecule has 3 heteroatoms. The van der Waals surface area contributed by atoms with E-state index in [-0.39, 0.29) is 0 Å². The van der Waals surface area contributed by atoms with Gasteiger partial charge in [-0.3, -0.25) is 4.90 Å². The Morgan fingerprint density at radius 2 is 1.89 bits per heavy atom. The largest absolute Gasteiger partial charge is 0.296 e. The number of hydrogen-bond donors (Lipinski definition) is 0. The van der Waals surface area contributed by atoms with Crippen molar-refractivity contribution < 1.29 is 0 Å². The molecule has 3 heterocycles. The minimum Gasteiger partial charge on any atom is -0.296 e. The molecule has 3 atom stereocenters. The zero-order chi connectivity index (χ0) is 12.8. The summed E-state index contributed by atoms with van der Waals surface area (Å²) >= 11 is 8.46. The van der Waals surface area contributed by atoms with E-state index >= 15 is 0 Å². The summed E-state index contributed by atoms with van der Waals surface area (Å²) in [7, 11) is 0. The molecule has 0 aromatic heterocycles. The summed E-state index contributed by atoms with van der Waals surface area (Å²) in [6.45, 7) is 1.26. The Balaban J connectivity index is 1.44. The standard InChI is InChI=1S/C16H20ClNS/c17-12-8-13-5-6-14(9-12)18(13)10-15-7-11-3-1-2-4-16(11)19-15/h1-4,12-15H,5-10H2. The summed E-state index contributed by atoms with van der Waals surface area (Å²) in [5, 5.41) is 1.19. The second-order valence-electron chi connectivity index (χ2n) is 6.20. The van der Waals surface area contributed by atoms with Crippen molar-refractivity contribution in [1.29, 1.82) is 0 Å². The maximum atomic E-state index is 6.37. The van der Waals surface area contributed by atoms with E-state index in [1.165, 1.54) is 43.5 Å². The van der Waals surface area contributed by atoms with Gasteiger partial charge in [-0.1, -0.05) is 18.2 Å². The molecule has 2 fully saturated rings. The van der Waals surface area contributed by atoms with E-state index in [1.807, 2.05) is 0 Å². The van der Waals surface area contributed by atoms with Crippen LogP contribution in [0.2, 0.25) is 0 Å². The molecule has 1 aromatic carbocycles. The van der Waals surface area contributed by atoms with Gasteiger partial charge in [0.15, 0.2) is 0 Å². The summed E-state index contributed by atoms with van der Waals surface area (Å²) in [6.07, 6.45) is 6.42. The first-order chi connectivity index (χ1) is 9.29. The summed E-state index contributed by atoms with van der Waals surface area (Å²) in [4.78, 5) is 4.29.